The predicted molar refractivity (Wildman–Crippen MR) is 97.7 cm³/mol. The Labute approximate surface area is 156 Å². The van der Waals surface area contributed by atoms with Gasteiger partial charge in [0.1, 0.15) is 18.3 Å². The lowest BCUT2D eigenvalue weighted by Crippen LogP contribution is -2.48. The third-order valence-corrected chi connectivity index (χ3v) is 3.99. The van der Waals surface area contributed by atoms with Crippen LogP contribution < -0.4 is 10.6 Å². The smallest absolute Gasteiger partial charge is 0.251 e. The highest BCUT2D eigenvalue weighted by molar-refractivity contribution is 6.17. The van der Waals surface area contributed by atoms with Crippen LogP contribution in [0, 0.1) is 11.3 Å². The van der Waals surface area contributed by atoms with Crippen LogP contribution in [0.25, 0.3) is 0 Å². The Hall–Kier alpha value is -3.04. The van der Waals surface area contributed by atoms with Crippen LogP contribution in [0.2, 0.25) is 0 Å². The molecule has 1 unspecified atom stereocenters. The van der Waals surface area contributed by atoms with Crippen molar-refractivity contribution in [3.8, 4) is 11.8 Å². The van der Waals surface area contributed by atoms with Gasteiger partial charge in [0.2, 0.25) is 5.91 Å². The van der Waals surface area contributed by atoms with E-state index in [1.807, 2.05) is 6.07 Å². The highest BCUT2D eigenvalue weighted by Gasteiger charge is 2.22. The number of nitrogens with one attached hydrogen (secondary N) is 2. The van der Waals surface area contributed by atoms with Gasteiger partial charge in [0, 0.05) is 17.9 Å². The van der Waals surface area contributed by atoms with Crippen LogP contribution in [0.5, 0.6) is 5.75 Å². The normalized spacial score (nSPS) is 11.2. The van der Waals surface area contributed by atoms with Crippen molar-refractivity contribution in [1.29, 1.82) is 5.26 Å². The molecule has 0 heterocycles. The Bertz CT molecular complexity index is 816. The van der Waals surface area contributed by atoms with E-state index in [-0.39, 0.29) is 24.6 Å². The second-order valence-corrected chi connectivity index (χ2v) is 5.87. The molecule has 0 aliphatic heterocycles. The zero-order valence-electron chi connectivity index (χ0n) is 13.9. The number of hydrogen-bond donors (Lipinski definition) is 3. The van der Waals surface area contributed by atoms with E-state index in [2.05, 4.69) is 10.6 Å². The van der Waals surface area contributed by atoms with Gasteiger partial charge < -0.3 is 15.7 Å². The molecule has 134 valence electrons. The van der Waals surface area contributed by atoms with Crippen LogP contribution in [0.4, 0.5) is 0 Å². The molecule has 2 amide bonds. The third kappa shape index (κ3) is 5.50. The molecule has 0 aliphatic rings. The summed E-state index contributed by atoms with van der Waals surface area (Å²) in [5, 5.41) is 23.2. The molecule has 0 saturated carbocycles. The lowest BCUT2D eigenvalue weighted by molar-refractivity contribution is -0.122. The highest BCUT2D eigenvalue weighted by Crippen LogP contribution is 2.12. The molecular weight excluding hydrogens is 354 g/mol. The maximum absolute atomic E-state index is 12.5. The zero-order valence-corrected chi connectivity index (χ0v) is 14.7. The SMILES string of the molecule is N#CCNC(=O)C(Cc1ccc(O)cc1)NC(=O)c1cccc(CCl)c1. The van der Waals surface area contributed by atoms with Gasteiger partial charge in [0.25, 0.3) is 5.91 Å². The summed E-state index contributed by atoms with van der Waals surface area (Å²) < 4.78 is 0. The van der Waals surface area contributed by atoms with Gasteiger partial charge in [-0.2, -0.15) is 5.26 Å². The number of phenolic OH excluding ortho intramolecular Hbond substituents is 1. The number of alkyl halides is 1. The maximum Gasteiger partial charge on any atom is 0.251 e. The van der Waals surface area contributed by atoms with Crippen molar-refractivity contribution in [2.24, 2.45) is 0 Å². The Balaban J connectivity index is 2.16. The van der Waals surface area contributed by atoms with Crippen LogP contribution in [0.15, 0.2) is 48.5 Å². The summed E-state index contributed by atoms with van der Waals surface area (Å²) in [5.74, 6) is -0.476. The van der Waals surface area contributed by atoms with Crippen LogP contribution in [-0.2, 0) is 17.1 Å². The molecule has 7 heteroatoms. The first-order chi connectivity index (χ1) is 12.5. The quantitative estimate of drug-likeness (QED) is 0.512. The molecule has 0 aromatic heterocycles. The molecule has 0 radical (unpaired) electrons. The molecule has 2 rings (SSSR count). The summed E-state index contributed by atoms with van der Waals surface area (Å²) in [5.41, 5.74) is 1.95. The summed E-state index contributed by atoms with van der Waals surface area (Å²) >= 11 is 5.79. The van der Waals surface area contributed by atoms with Gasteiger partial charge in [-0.1, -0.05) is 24.3 Å². The number of amides is 2. The van der Waals surface area contributed by atoms with E-state index in [0.717, 1.165) is 11.1 Å². The van der Waals surface area contributed by atoms with E-state index in [4.69, 9.17) is 16.9 Å². The van der Waals surface area contributed by atoms with Crippen LogP contribution in [0.1, 0.15) is 21.5 Å². The van der Waals surface area contributed by atoms with E-state index in [1.54, 1.807) is 36.4 Å². The molecular formula is C19H18ClN3O3. The third-order valence-electron chi connectivity index (χ3n) is 3.68. The number of phenols is 1. The lowest BCUT2D eigenvalue weighted by atomic mass is 10.0. The second-order valence-electron chi connectivity index (χ2n) is 5.61. The molecule has 1 atom stereocenters. The van der Waals surface area contributed by atoms with E-state index < -0.39 is 17.9 Å². The standard InChI is InChI=1S/C19H18ClN3O3/c20-12-14-2-1-3-15(10-14)18(25)23-17(19(26)22-9-8-21)11-13-4-6-16(24)7-5-13/h1-7,10,17,24H,9,11-12H2,(H,22,26)(H,23,25). The molecule has 0 spiro atoms. The largest absolute Gasteiger partial charge is 0.508 e. The molecule has 0 saturated heterocycles. The summed E-state index contributed by atoms with van der Waals surface area (Å²) in [4.78, 5) is 24.8. The average molecular weight is 372 g/mol. The molecule has 2 aromatic rings. The summed E-state index contributed by atoms with van der Waals surface area (Å²) in [7, 11) is 0. The predicted octanol–water partition coefficient (Wildman–Crippen LogP) is 2.11. The fraction of sp³-hybridized carbons (Fsp3) is 0.211. The molecule has 6 nitrogen and oxygen atoms in total. The number of nitriles is 1. The van der Waals surface area contributed by atoms with Crippen LogP contribution in [-0.4, -0.2) is 29.5 Å². The first-order valence-electron chi connectivity index (χ1n) is 7.92. The summed E-state index contributed by atoms with van der Waals surface area (Å²) in [6.45, 7) is -0.150. The molecule has 0 fully saturated rings. The molecule has 3 N–H and O–H groups in total. The van der Waals surface area contributed by atoms with Crippen LogP contribution >= 0.6 is 11.6 Å². The Morgan fingerprint density at radius 1 is 1.15 bits per heavy atom. The number of benzene rings is 2. The number of halogens is 1. The number of nitrogens with zero attached hydrogens (tertiary/aromatic N) is 1. The van der Waals surface area contributed by atoms with Gasteiger partial charge in [-0.05, 0) is 35.4 Å². The van der Waals surface area contributed by atoms with Crippen molar-refractivity contribution in [2.75, 3.05) is 6.54 Å². The number of rotatable bonds is 7. The first kappa shape index (κ1) is 19.3. The van der Waals surface area contributed by atoms with E-state index in [0.29, 0.717) is 5.56 Å². The number of carbonyl (C=O) groups is 2. The topological polar surface area (TPSA) is 102 Å². The van der Waals surface area contributed by atoms with Crippen LogP contribution in [0.3, 0.4) is 0 Å². The van der Waals surface area contributed by atoms with Gasteiger partial charge >= 0.3 is 0 Å². The fourth-order valence-corrected chi connectivity index (χ4v) is 2.53. The zero-order chi connectivity index (χ0) is 18.9. The minimum atomic E-state index is -0.861. The molecule has 0 bridgehead atoms. The molecule has 26 heavy (non-hydrogen) atoms. The van der Waals surface area contributed by atoms with Gasteiger partial charge in [-0.15, -0.1) is 11.6 Å². The fourth-order valence-electron chi connectivity index (χ4n) is 2.36. The van der Waals surface area contributed by atoms with E-state index in [9.17, 15) is 14.7 Å². The highest BCUT2D eigenvalue weighted by atomic mass is 35.5. The van der Waals surface area contributed by atoms with Crippen molar-refractivity contribution in [3.63, 3.8) is 0 Å². The minimum Gasteiger partial charge on any atom is -0.508 e. The average Bonchev–Trinajstić information content (AvgIpc) is 2.67. The van der Waals surface area contributed by atoms with E-state index >= 15 is 0 Å². The minimum absolute atomic E-state index is 0.112. The van der Waals surface area contributed by atoms with Gasteiger partial charge in [0.15, 0.2) is 0 Å². The first-order valence-corrected chi connectivity index (χ1v) is 8.45. The second kappa shape index (κ2) is 9.44. The van der Waals surface area contributed by atoms with Crippen molar-refractivity contribution < 1.29 is 14.7 Å². The molecule has 2 aromatic carbocycles. The number of carbonyl (C=O) groups excluding carboxylic acids is 2. The Morgan fingerprint density at radius 3 is 2.54 bits per heavy atom. The monoisotopic (exact) mass is 371 g/mol. The van der Waals surface area contributed by atoms with Crippen molar-refractivity contribution >= 4 is 23.4 Å². The van der Waals surface area contributed by atoms with E-state index in [1.165, 1.54) is 12.1 Å². The van der Waals surface area contributed by atoms with Crippen molar-refractivity contribution in [2.45, 2.75) is 18.3 Å². The number of aromatic hydroxyl groups is 1. The number of hydrogen-bond acceptors (Lipinski definition) is 4. The van der Waals surface area contributed by atoms with Gasteiger partial charge in [-0.25, -0.2) is 0 Å². The van der Waals surface area contributed by atoms with Crippen molar-refractivity contribution in [3.05, 3.63) is 65.2 Å². The lowest BCUT2D eigenvalue weighted by Gasteiger charge is -2.18. The summed E-state index contributed by atoms with van der Waals surface area (Å²) in [6, 6.07) is 14.1. The van der Waals surface area contributed by atoms with Gasteiger partial charge in [0.05, 0.1) is 6.07 Å². The van der Waals surface area contributed by atoms with Crippen molar-refractivity contribution in [1.82, 2.24) is 10.6 Å². The van der Waals surface area contributed by atoms with Gasteiger partial charge in [-0.3, -0.25) is 9.59 Å². The Kier molecular flexibility index (Phi) is 7.01. The summed E-state index contributed by atoms with van der Waals surface area (Å²) in [6.07, 6.45) is 0.221. The Morgan fingerprint density at radius 2 is 1.88 bits per heavy atom. The molecule has 0 aliphatic carbocycles. The maximum atomic E-state index is 12.5.